The van der Waals surface area contributed by atoms with E-state index >= 15 is 0 Å². The van der Waals surface area contributed by atoms with Crippen molar-refractivity contribution < 1.29 is 0 Å². The van der Waals surface area contributed by atoms with Crippen molar-refractivity contribution >= 4 is 16.5 Å². The van der Waals surface area contributed by atoms with Gasteiger partial charge < -0.3 is 10.2 Å². The lowest BCUT2D eigenvalue weighted by molar-refractivity contribution is 0.0895. The van der Waals surface area contributed by atoms with Gasteiger partial charge in [-0.25, -0.2) is 0 Å². The van der Waals surface area contributed by atoms with Crippen LogP contribution in [0.15, 0.2) is 0 Å². The van der Waals surface area contributed by atoms with E-state index in [1.54, 1.807) is 11.3 Å². The van der Waals surface area contributed by atoms with E-state index in [2.05, 4.69) is 32.2 Å². The molecule has 2 fully saturated rings. The number of hydrogen-bond acceptors (Lipinski definition) is 6. The van der Waals surface area contributed by atoms with Crippen molar-refractivity contribution in [2.24, 2.45) is 0 Å². The fourth-order valence-corrected chi connectivity index (χ4v) is 4.31. The molecule has 1 aromatic rings. The van der Waals surface area contributed by atoms with Gasteiger partial charge in [0.15, 0.2) is 0 Å². The second-order valence-electron chi connectivity index (χ2n) is 6.14. The molecular weight excluding hydrogens is 282 g/mol. The standard InChI is InChI=1S/C15H27N5S/c1-2-16-15-18-17-14(21-15)12-19-10-6-13(7-11-19)20-8-4-3-5-9-20/h13H,2-12H2,1H3,(H,16,18). The molecule has 0 unspecified atom stereocenters. The van der Waals surface area contributed by atoms with Crippen LogP contribution in [0.1, 0.15) is 44.0 Å². The van der Waals surface area contributed by atoms with Gasteiger partial charge >= 0.3 is 0 Å². The van der Waals surface area contributed by atoms with E-state index in [1.807, 2.05) is 0 Å². The van der Waals surface area contributed by atoms with Gasteiger partial charge in [0.2, 0.25) is 5.13 Å². The lowest BCUT2D eigenvalue weighted by Gasteiger charge is -2.40. The fourth-order valence-electron chi connectivity index (χ4n) is 3.46. The van der Waals surface area contributed by atoms with Crippen molar-refractivity contribution in [1.82, 2.24) is 20.0 Å². The van der Waals surface area contributed by atoms with Gasteiger partial charge in [0.25, 0.3) is 0 Å². The first-order valence-electron chi connectivity index (χ1n) is 8.38. The molecule has 5 nitrogen and oxygen atoms in total. The smallest absolute Gasteiger partial charge is 0.205 e. The Morgan fingerprint density at radius 1 is 1.10 bits per heavy atom. The summed E-state index contributed by atoms with van der Waals surface area (Å²) in [4.78, 5) is 5.27. The molecule has 0 bridgehead atoms. The molecule has 1 aromatic heterocycles. The summed E-state index contributed by atoms with van der Waals surface area (Å²) in [5, 5.41) is 13.8. The summed E-state index contributed by atoms with van der Waals surface area (Å²) < 4.78 is 0. The largest absolute Gasteiger partial charge is 0.360 e. The van der Waals surface area contributed by atoms with Crippen molar-refractivity contribution in [2.75, 3.05) is 38.0 Å². The molecule has 2 aliphatic heterocycles. The Morgan fingerprint density at radius 2 is 1.86 bits per heavy atom. The SMILES string of the molecule is CCNc1nnc(CN2CCC(N3CCCCC3)CC2)s1. The molecule has 21 heavy (non-hydrogen) atoms. The summed E-state index contributed by atoms with van der Waals surface area (Å²) >= 11 is 1.69. The molecule has 1 N–H and O–H groups in total. The van der Waals surface area contributed by atoms with Gasteiger partial charge in [0, 0.05) is 25.7 Å². The minimum absolute atomic E-state index is 0.827. The van der Waals surface area contributed by atoms with E-state index in [-0.39, 0.29) is 0 Å². The first kappa shape index (κ1) is 15.2. The van der Waals surface area contributed by atoms with Crippen LogP contribution in [0.2, 0.25) is 0 Å². The Kier molecular flexibility index (Phi) is 5.43. The summed E-state index contributed by atoms with van der Waals surface area (Å²) in [6, 6.07) is 0.827. The van der Waals surface area contributed by atoms with Crippen LogP contribution in [0.25, 0.3) is 0 Å². The van der Waals surface area contributed by atoms with Gasteiger partial charge in [0.1, 0.15) is 5.01 Å². The summed E-state index contributed by atoms with van der Waals surface area (Å²) in [7, 11) is 0. The highest BCUT2D eigenvalue weighted by Gasteiger charge is 2.25. The third-order valence-corrected chi connectivity index (χ3v) is 5.48. The molecule has 3 heterocycles. The predicted octanol–water partition coefficient (Wildman–Crippen LogP) is 2.42. The Labute approximate surface area is 131 Å². The summed E-state index contributed by atoms with van der Waals surface area (Å²) in [6.45, 7) is 9.03. The van der Waals surface area contributed by atoms with Crippen LogP contribution in [-0.2, 0) is 6.54 Å². The molecule has 0 aliphatic carbocycles. The number of nitrogens with one attached hydrogen (secondary N) is 1. The van der Waals surface area contributed by atoms with Crippen LogP contribution in [0.3, 0.4) is 0 Å². The predicted molar refractivity (Wildman–Crippen MR) is 87.8 cm³/mol. The van der Waals surface area contributed by atoms with Gasteiger partial charge in [-0.2, -0.15) is 0 Å². The summed E-state index contributed by atoms with van der Waals surface area (Å²) in [6.07, 6.45) is 6.87. The number of rotatable bonds is 5. The number of piperidine rings is 2. The van der Waals surface area contributed by atoms with Gasteiger partial charge in [-0.15, -0.1) is 10.2 Å². The van der Waals surface area contributed by atoms with Crippen LogP contribution in [0.4, 0.5) is 5.13 Å². The van der Waals surface area contributed by atoms with E-state index in [1.165, 1.54) is 58.3 Å². The average Bonchev–Trinajstić information content (AvgIpc) is 2.97. The van der Waals surface area contributed by atoms with Crippen molar-refractivity contribution in [1.29, 1.82) is 0 Å². The van der Waals surface area contributed by atoms with Crippen molar-refractivity contribution in [2.45, 2.75) is 51.6 Å². The highest BCUT2D eigenvalue weighted by atomic mass is 32.1. The maximum Gasteiger partial charge on any atom is 0.205 e. The Bertz CT molecular complexity index is 421. The topological polar surface area (TPSA) is 44.3 Å². The number of nitrogens with zero attached hydrogens (tertiary/aromatic N) is 4. The monoisotopic (exact) mass is 309 g/mol. The van der Waals surface area contributed by atoms with Crippen LogP contribution < -0.4 is 5.32 Å². The lowest BCUT2D eigenvalue weighted by atomic mass is 10.00. The van der Waals surface area contributed by atoms with Crippen LogP contribution in [0.5, 0.6) is 0 Å². The molecule has 0 aromatic carbocycles. The van der Waals surface area contributed by atoms with Gasteiger partial charge in [-0.1, -0.05) is 17.8 Å². The van der Waals surface area contributed by atoms with Gasteiger partial charge in [-0.3, -0.25) is 4.90 Å². The van der Waals surface area contributed by atoms with Crippen molar-refractivity contribution in [3.05, 3.63) is 5.01 Å². The van der Waals surface area contributed by atoms with Crippen LogP contribution in [-0.4, -0.2) is 58.8 Å². The maximum absolute atomic E-state index is 4.29. The van der Waals surface area contributed by atoms with E-state index in [0.717, 1.165) is 29.3 Å². The zero-order valence-electron chi connectivity index (χ0n) is 13.1. The van der Waals surface area contributed by atoms with E-state index in [0.29, 0.717) is 0 Å². The average molecular weight is 309 g/mol. The minimum Gasteiger partial charge on any atom is -0.360 e. The molecule has 0 spiro atoms. The maximum atomic E-state index is 4.29. The second kappa shape index (κ2) is 7.51. The van der Waals surface area contributed by atoms with E-state index in [9.17, 15) is 0 Å². The summed E-state index contributed by atoms with van der Waals surface area (Å²) in [5.41, 5.74) is 0. The van der Waals surface area contributed by atoms with E-state index in [4.69, 9.17) is 0 Å². The Morgan fingerprint density at radius 3 is 2.57 bits per heavy atom. The first-order valence-corrected chi connectivity index (χ1v) is 9.19. The third-order valence-electron chi connectivity index (χ3n) is 4.62. The molecule has 3 rings (SSSR count). The normalized spacial score (nSPS) is 22.5. The molecule has 2 aliphatic rings. The molecular formula is C15H27N5S. The summed E-state index contributed by atoms with van der Waals surface area (Å²) in [5.74, 6) is 0. The molecule has 2 saturated heterocycles. The molecule has 118 valence electrons. The van der Waals surface area contributed by atoms with Gasteiger partial charge in [0.05, 0.1) is 6.54 Å². The molecule has 0 radical (unpaired) electrons. The van der Waals surface area contributed by atoms with Crippen LogP contribution >= 0.6 is 11.3 Å². The number of likely N-dealkylation sites (tertiary alicyclic amines) is 2. The zero-order valence-corrected chi connectivity index (χ0v) is 13.9. The Hall–Kier alpha value is -0.720. The number of aromatic nitrogens is 2. The van der Waals surface area contributed by atoms with Gasteiger partial charge in [-0.05, 0) is 45.7 Å². The molecule has 6 heteroatoms. The second-order valence-corrected chi connectivity index (χ2v) is 7.20. The lowest BCUT2D eigenvalue weighted by Crippen LogP contribution is -2.46. The third kappa shape index (κ3) is 4.14. The first-order chi connectivity index (χ1) is 10.3. The minimum atomic E-state index is 0.827. The zero-order chi connectivity index (χ0) is 14.5. The molecule has 0 saturated carbocycles. The number of hydrogen-bond donors (Lipinski definition) is 1. The van der Waals surface area contributed by atoms with Crippen LogP contribution in [0, 0.1) is 0 Å². The molecule has 0 amide bonds. The number of anilines is 1. The highest BCUT2D eigenvalue weighted by Crippen LogP contribution is 2.23. The van der Waals surface area contributed by atoms with Crippen molar-refractivity contribution in [3.8, 4) is 0 Å². The molecule has 0 atom stereocenters. The fraction of sp³-hybridized carbons (Fsp3) is 0.867. The van der Waals surface area contributed by atoms with E-state index < -0.39 is 0 Å². The quantitative estimate of drug-likeness (QED) is 0.905. The Balaban J connectivity index is 1.44. The van der Waals surface area contributed by atoms with Crippen molar-refractivity contribution in [3.63, 3.8) is 0 Å². The highest BCUT2D eigenvalue weighted by molar-refractivity contribution is 7.15.